The molecular formula is C22H17N5O5. The topological polar surface area (TPSA) is 117 Å². The number of hydrogen-bond donors (Lipinski definition) is 2. The van der Waals surface area contributed by atoms with Crippen LogP contribution in [0.2, 0.25) is 0 Å². The minimum absolute atomic E-state index is 0.147. The summed E-state index contributed by atoms with van der Waals surface area (Å²) in [6, 6.07) is 19.0. The zero-order valence-electron chi connectivity index (χ0n) is 16.6. The van der Waals surface area contributed by atoms with E-state index < -0.39 is 5.91 Å². The number of fused-ring (bicyclic) bond motifs is 2. The average molecular weight is 431 g/mol. The third kappa shape index (κ3) is 3.88. The summed E-state index contributed by atoms with van der Waals surface area (Å²) in [6.07, 6.45) is 0. The summed E-state index contributed by atoms with van der Waals surface area (Å²) in [5.41, 5.74) is 2.48. The van der Waals surface area contributed by atoms with Crippen molar-refractivity contribution in [2.45, 2.75) is 0 Å². The Morgan fingerprint density at radius 2 is 1.78 bits per heavy atom. The number of nitrogens with one attached hydrogen (secondary N) is 2. The van der Waals surface area contributed by atoms with Gasteiger partial charge in [0.1, 0.15) is 11.0 Å². The second kappa shape index (κ2) is 8.26. The Morgan fingerprint density at radius 1 is 0.969 bits per heavy atom. The van der Waals surface area contributed by atoms with Crippen molar-refractivity contribution in [3.63, 3.8) is 0 Å². The number of amides is 2. The van der Waals surface area contributed by atoms with Crippen molar-refractivity contribution in [3.8, 4) is 11.5 Å². The molecule has 160 valence electrons. The molecule has 10 heteroatoms. The average Bonchev–Trinajstić information content (AvgIpc) is 3.44. The van der Waals surface area contributed by atoms with Crippen LogP contribution in [0.25, 0.3) is 11.0 Å². The molecule has 10 nitrogen and oxygen atoms in total. The van der Waals surface area contributed by atoms with Crippen LogP contribution in [0.15, 0.2) is 66.7 Å². The van der Waals surface area contributed by atoms with E-state index in [0.717, 1.165) is 0 Å². The molecular weight excluding hydrogens is 414 g/mol. The van der Waals surface area contributed by atoms with Gasteiger partial charge in [-0.3, -0.25) is 9.59 Å². The molecule has 5 rings (SSSR count). The third-order valence-electron chi connectivity index (χ3n) is 4.72. The van der Waals surface area contributed by atoms with Crippen molar-refractivity contribution in [3.05, 3.63) is 72.3 Å². The molecule has 0 bridgehead atoms. The van der Waals surface area contributed by atoms with Crippen LogP contribution in [0, 0.1) is 0 Å². The number of hydrogen-bond acceptors (Lipinski definition) is 7. The minimum Gasteiger partial charge on any atom is -0.454 e. The SMILES string of the molecule is O=C(COn1nnc2ccccc21)Nc1ccccc1C(=O)Nc1ccc2c(c1)OCO2. The monoisotopic (exact) mass is 431 g/mol. The van der Waals surface area contributed by atoms with E-state index in [-0.39, 0.29) is 19.3 Å². The van der Waals surface area contributed by atoms with Crippen LogP contribution in [0.5, 0.6) is 11.5 Å². The van der Waals surface area contributed by atoms with Gasteiger partial charge >= 0.3 is 0 Å². The number of benzene rings is 3. The van der Waals surface area contributed by atoms with E-state index >= 15 is 0 Å². The van der Waals surface area contributed by atoms with E-state index in [4.69, 9.17) is 14.3 Å². The maximum Gasteiger partial charge on any atom is 0.265 e. The normalized spacial score (nSPS) is 11.9. The second-order valence-corrected chi connectivity index (χ2v) is 6.84. The van der Waals surface area contributed by atoms with E-state index in [1.807, 2.05) is 12.1 Å². The Morgan fingerprint density at radius 3 is 2.72 bits per heavy atom. The Hall–Kier alpha value is -4.60. The van der Waals surface area contributed by atoms with E-state index in [9.17, 15) is 9.59 Å². The van der Waals surface area contributed by atoms with Gasteiger partial charge in [0.25, 0.3) is 11.8 Å². The van der Waals surface area contributed by atoms with Gasteiger partial charge in [-0.05, 0) is 41.6 Å². The van der Waals surface area contributed by atoms with Crippen molar-refractivity contribution in [2.24, 2.45) is 0 Å². The lowest BCUT2D eigenvalue weighted by Gasteiger charge is -2.12. The highest BCUT2D eigenvalue weighted by molar-refractivity contribution is 6.10. The maximum absolute atomic E-state index is 12.8. The van der Waals surface area contributed by atoms with Crippen molar-refractivity contribution in [1.82, 2.24) is 15.2 Å². The van der Waals surface area contributed by atoms with Crippen LogP contribution in [0.3, 0.4) is 0 Å². The van der Waals surface area contributed by atoms with Gasteiger partial charge in [0, 0.05) is 11.8 Å². The van der Waals surface area contributed by atoms with Gasteiger partial charge in [-0.2, -0.15) is 0 Å². The first kappa shape index (κ1) is 19.4. The molecule has 3 aromatic carbocycles. The Bertz CT molecular complexity index is 1320. The third-order valence-corrected chi connectivity index (χ3v) is 4.72. The number of nitrogens with zero attached hydrogens (tertiary/aromatic N) is 3. The van der Waals surface area contributed by atoms with Crippen molar-refractivity contribution in [2.75, 3.05) is 24.0 Å². The standard InChI is InChI=1S/C22H17N5O5/c28-21(12-32-27-18-8-4-3-7-17(18)25-26-27)24-16-6-2-1-5-15(16)22(29)23-14-9-10-19-20(11-14)31-13-30-19/h1-11H,12-13H2,(H,23,29)(H,24,28). The first-order valence-corrected chi connectivity index (χ1v) is 9.71. The van der Waals surface area contributed by atoms with E-state index in [2.05, 4.69) is 20.9 Å². The van der Waals surface area contributed by atoms with Crippen LogP contribution in [-0.2, 0) is 4.79 Å². The first-order valence-electron chi connectivity index (χ1n) is 9.71. The van der Waals surface area contributed by atoms with Crippen LogP contribution in [0.1, 0.15) is 10.4 Å². The molecule has 0 unspecified atom stereocenters. The maximum atomic E-state index is 12.8. The molecule has 32 heavy (non-hydrogen) atoms. The molecule has 0 atom stereocenters. The lowest BCUT2D eigenvalue weighted by atomic mass is 10.1. The van der Waals surface area contributed by atoms with Crippen LogP contribution >= 0.6 is 0 Å². The van der Waals surface area contributed by atoms with Crippen molar-refractivity contribution < 1.29 is 23.9 Å². The number of anilines is 2. The lowest BCUT2D eigenvalue weighted by Crippen LogP contribution is -2.27. The molecule has 0 saturated carbocycles. The summed E-state index contributed by atoms with van der Waals surface area (Å²) in [5.74, 6) is 0.342. The van der Waals surface area contributed by atoms with Crippen LogP contribution in [-0.4, -0.2) is 40.4 Å². The quantitative estimate of drug-likeness (QED) is 0.482. The summed E-state index contributed by atoms with van der Waals surface area (Å²) in [6.45, 7) is -0.167. The van der Waals surface area contributed by atoms with Gasteiger partial charge in [0.15, 0.2) is 18.1 Å². The van der Waals surface area contributed by atoms with Gasteiger partial charge in [-0.15, -0.1) is 5.10 Å². The fraction of sp³-hybridized carbons (Fsp3) is 0.0909. The fourth-order valence-electron chi connectivity index (χ4n) is 3.21. The minimum atomic E-state index is -0.451. The molecule has 2 amide bonds. The van der Waals surface area contributed by atoms with Gasteiger partial charge in [-0.1, -0.05) is 29.1 Å². The van der Waals surface area contributed by atoms with Crippen LogP contribution in [0.4, 0.5) is 11.4 Å². The summed E-state index contributed by atoms with van der Waals surface area (Å²) >= 11 is 0. The Balaban J connectivity index is 1.25. The molecule has 2 heterocycles. The highest BCUT2D eigenvalue weighted by Crippen LogP contribution is 2.34. The molecule has 4 aromatic rings. The zero-order chi connectivity index (χ0) is 21.9. The molecule has 1 aliphatic heterocycles. The highest BCUT2D eigenvalue weighted by atomic mass is 16.7. The molecule has 0 fully saturated rings. The molecule has 0 saturated heterocycles. The summed E-state index contributed by atoms with van der Waals surface area (Å²) in [5, 5.41) is 13.3. The van der Waals surface area contributed by atoms with E-state index in [1.54, 1.807) is 54.6 Å². The number of carbonyl (C=O) groups excluding carboxylic acids is 2. The summed E-state index contributed by atoms with van der Waals surface area (Å²) in [4.78, 5) is 31.9. The first-order chi connectivity index (χ1) is 15.7. The fourth-order valence-corrected chi connectivity index (χ4v) is 3.21. The number of rotatable bonds is 6. The molecule has 2 N–H and O–H groups in total. The lowest BCUT2D eigenvalue weighted by molar-refractivity contribution is -0.121. The Kier molecular flexibility index (Phi) is 5.00. The molecule has 1 aliphatic rings. The predicted octanol–water partition coefficient (Wildman–Crippen LogP) is 2.48. The number of aromatic nitrogens is 3. The largest absolute Gasteiger partial charge is 0.454 e. The van der Waals surface area contributed by atoms with Gasteiger partial charge in [0.2, 0.25) is 6.79 Å². The molecule has 0 spiro atoms. The zero-order valence-corrected chi connectivity index (χ0v) is 16.6. The van der Waals surface area contributed by atoms with Gasteiger partial charge < -0.3 is 24.9 Å². The molecule has 1 aromatic heterocycles. The highest BCUT2D eigenvalue weighted by Gasteiger charge is 2.17. The smallest absolute Gasteiger partial charge is 0.265 e. The van der Waals surface area contributed by atoms with Crippen molar-refractivity contribution >= 4 is 34.2 Å². The molecule has 0 radical (unpaired) electrons. The number of ether oxygens (including phenoxy) is 2. The predicted molar refractivity (Wildman–Crippen MR) is 115 cm³/mol. The Labute approximate surface area is 181 Å². The second-order valence-electron chi connectivity index (χ2n) is 6.84. The summed E-state index contributed by atoms with van der Waals surface area (Å²) in [7, 11) is 0. The summed E-state index contributed by atoms with van der Waals surface area (Å²) < 4.78 is 10.6. The van der Waals surface area contributed by atoms with Crippen molar-refractivity contribution in [1.29, 1.82) is 0 Å². The van der Waals surface area contributed by atoms with Crippen LogP contribution < -0.4 is 24.9 Å². The number of para-hydroxylation sites is 2. The molecule has 0 aliphatic carbocycles. The van der Waals surface area contributed by atoms with Gasteiger partial charge in [0.05, 0.1) is 11.3 Å². The van der Waals surface area contributed by atoms with E-state index in [1.165, 1.54) is 4.85 Å². The van der Waals surface area contributed by atoms with E-state index in [0.29, 0.717) is 39.5 Å². The van der Waals surface area contributed by atoms with Gasteiger partial charge in [-0.25, -0.2) is 0 Å². The number of carbonyl (C=O) groups is 2.